The molecule has 1 fully saturated rings. The van der Waals surface area contributed by atoms with Crippen LogP contribution in [0.1, 0.15) is 64.0 Å². The SMILES string of the molecule is CC[C@@H](c1cccc(F)c1)N1CCCC(CCCC(C)=O)C1=O. The predicted octanol–water partition coefficient (Wildman–Crippen LogP) is 4.27. The second-order valence-corrected chi connectivity index (χ2v) is 6.44. The summed E-state index contributed by atoms with van der Waals surface area (Å²) < 4.78 is 13.5. The van der Waals surface area contributed by atoms with Crippen molar-refractivity contribution in [3.8, 4) is 0 Å². The normalized spacial score (nSPS) is 19.7. The van der Waals surface area contributed by atoms with Crippen LogP contribution >= 0.6 is 0 Å². The molecule has 23 heavy (non-hydrogen) atoms. The van der Waals surface area contributed by atoms with E-state index in [0.717, 1.165) is 44.2 Å². The van der Waals surface area contributed by atoms with Crippen molar-refractivity contribution in [2.45, 2.75) is 58.4 Å². The largest absolute Gasteiger partial charge is 0.335 e. The number of ketones is 1. The van der Waals surface area contributed by atoms with Crippen LogP contribution in [-0.4, -0.2) is 23.1 Å². The van der Waals surface area contributed by atoms with E-state index in [1.165, 1.54) is 12.1 Å². The number of likely N-dealkylation sites (tertiary alicyclic amines) is 1. The minimum Gasteiger partial charge on any atom is -0.335 e. The van der Waals surface area contributed by atoms with Crippen LogP contribution in [0.2, 0.25) is 0 Å². The summed E-state index contributed by atoms with van der Waals surface area (Å²) in [5.74, 6) is 0.0846. The minimum absolute atomic E-state index is 0.00529. The predicted molar refractivity (Wildman–Crippen MR) is 88.4 cm³/mol. The Morgan fingerprint density at radius 3 is 2.87 bits per heavy atom. The molecule has 4 heteroatoms. The summed E-state index contributed by atoms with van der Waals surface area (Å²) in [4.78, 5) is 25.8. The molecule has 0 N–H and O–H groups in total. The highest BCUT2D eigenvalue weighted by atomic mass is 19.1. The lowest BCUT2D eigenvalue weighted by molar-refractivity contribution is -0.141. The van der Waals surface area contributed by atoms with Crippen molar-refractivity contribution in [3.05, 3.63) is 35.6 Å². The lowest BCUT2D eigenvalue weighted by atomic mass is 9.89. The average Bonchev–Trinajstić information content (AvgIpc) is 2.51. The fraction of sp³-hybridized carbons (Fsp3) is 0.579. The van der Waals surface area contributed by atoms with Gasteiger partial charge in [0.1, 0.15) is 11.6 Å². The van der Waals surface area contributed by atoms with E-state index >= 15 is 0 Å². The Hall–Kier alpha value is -1.71. The van der Waals surface area contributed by atoms with Crippen LogP contribution in [-0.2, 0) is 9.59 Å². The molecule has 1 aliphatic rings. The first-order chi connectivity index (χ1) is 11.0. The van der Waals surface area contributed by atoms with Gasteiger partial charge in [-0.25, -0.2) is 4.39 Å². The molecule has 1 aromatic rings. The number of carbonyl (C=O) groups is 2. The van der Waals surface area contributed by atoms with Gasteiger partial charge < -0.3 is 9.69 Å². The van der Waals surface area contributed by atoms with E-state index in [2.05, 4.69) is 0 Å². The molecule has 1 saturated heterocycles. The Bertz CT molecular complexity index is 558. The molecule has 2 atom stereocenters. The number of Topliss-reactive ketones (excluding diaryl/α,β-unsaturated/α-hetero) is 1. The number of hydrogen-bond donors (Lipinski definition) is 0. The summed E-state index contributed by atoms with van der Waals surface area (Å²) in [5, 5.41) is 0. The van der Waals surface area contributed by atoms with Gasteiger partial charge in [-0.1, -0.05) is 19.1 Å². The number of halogens is 1. The molecule has 2 rings (SSSR count). The van der Waals surface area contributed by atoms with Crippen LogP contribution in [0.4, 0.5) is 4.39 Å². The molecule has 1 aromatic carbocycles. The van der Waals surface area contributed by atoms with Gasteiger partial charge in [-0.05, 0) is 56.7 Å². The summed E-state index contributed by atoms with van der Waals surface area (Å²) in [6, 6.07) is 6.49. The molecular formula is C19H26FNO2. The molecular weight excluding hydrogens is 293 g/mol. The highest BCUT2D eigenvalue weighted by Gasteiger charge is 2.32. The Morgan fingerprint density at radius 1 is 1.43 bits per heavy atom. The molecule has 0 aromatic heterocycles. The minimum atomic E-state index is -0.261. The van der Waals surface area contributed by atoms with Gasteiger partial charge in [0.05, 0.1) is 6.04 Å². The molecule has 3 nitrogen and oxygen atoms in total. The number of nitrogens with zero attached hydrogens (tertiary/aromatic N) is 1. The topological polar surface area (TPSA) is 37.4 Å². The lowest BCUT2D eigenvalue weighted by Gasteiger charge is -2.38. The van der Waals surface area contributed by atoms with E-state index in [9.17, 15) is 14.0 Å². The number of benzene rings is 1. The van der Waals surface area contributed by atoms with Crippen molar-refractivity contribution >= 4 is 11.7 Å². The van der Waals surface area contributed by atoms with E-state index in [1.807, 2.05) is 17.9 Å². The molecule has 0 radical (unpaired) electrons. The van der Waals surface area contributed by atoms with Gasteiger partial charge in [-0.3, -0.25) is 4.79 Å². The monoisotopic (exact) mass is 319 g/mol. The molecule has 126 valence electrons. The number of piperidine rings is 1. The van der Waals surface area contributed by atoms with Crippen molar-refractivity contribution in [1.82, 2.24) is 4.90 Å². The van der Waals surface area contributed by atoms with E-state index in [1.54, 1.807) is 13.0 Å². The fourth-order valence-corrected chi connectivity index (χ4v) is 3.50. The summed E-state index contributed by atoms with van der Waals surface area (Å²) in [7, 11) is 0. The molecule has 1 unspecified atom stereocenters. The van der Waals surface area contributed by atoms with Gasteiger partial charge in [0.2, 0.25) is 5.91 Å². The number of amides is 1. The van der Waals surface area contributed by atoms with E-state index in [4.69, 9.17) is 0 Å². The van der Waals surface area contributed by atoms with Crippen LogP contribution in [0.5, 0.6) is 0 Å². The van der Waals surface area contributed by atoms with Gasteiger partial charge in [0.25, 0.3) is 0 Å². The second kappa shape index (κ2) is 8.23. The molecule has 1 amide bonds. The maximum absolute atomic E-state index is 13.5. The third-order valence-electron chi connectivity index (χ3n) is 4.66. The quantitative estimate of drug-likeness (QED) is 0.752. The summed E-state index contributed by atoms with van der Waals surface area (Å²) in [6.45, 7) is 4.35. The Morgan fingerprint density at radius 2 is 2.22 bits per heavy atom. The van der Waals surface area contributed by atoms with Gasteiger partial charge in [0, 0.05) is 18.9 Å². The highest BCUT2D eigenvalue weighted by molar-refractivity contribution is 5.80. The number of rotatable bonds is 7. The Balaban J connectivity index is 2.07. The molecule has 1 aliphatic heterocycles. The second-order valence-electron chi connectivity index (χ2n) is 6.44. The maximum atomic E-state index is 13.5. The van der Waals surface area contributed by atoms with Crippen molar-refractivity contribution in [2.75, 3.05) is 6.54 Å². The fourth-order valence-electron chi connectivity index (χ4n) is 3.50. The van der Waals surface area contributed by atoms with E-state index in [-0.39, 0.29) is 29.5 Å². The summed E-state index contributed by atoms with van der Waals surface area (Å²) >= 11 is 0. The zero-order valence-corrected chi connectivity index (χ0v) is 14.1. The molecule has 0 aliphatic carbocycles. The molecule has 1 heterocycles. The van der Waals surface area contributed by atoms with Crippen molar-refractivity contribution in [3.63, 3.8) is 0 Å². The molecule has 0 spiro atoms. The lowest BCUT2D eigenvalue weighted by Crippen LogP contribution is -2.43. The van der Waals surface area contributed by atoms with Gasteiger partial charge >= 0.3 is 0 Å². The van der Waals surface area contributed by atoms with Gasteiger partial charge in [0.15, 0.2) is 0 Å². The van der Waals surface area contributed by atoms with Gasteiger partial charge in [-0.2, -0.15) is 0 Å². The standard InChI is InChI=1S/C19H26FNO2/c1-3-18(16-9-5-11-17(20)13-16)21-12-6-10-15(19(21)23)8-4-7-14(2)22/h5,9,11,13,15,18H,3-4,6-8,10,12H2,1-2H3/t15?,18-/m0/s1. The Kier molecular flexibility index (Phi) is 6.31. The Labute approximate surface area is 137 Å². The van der Waals surface area contributed by atoms with E-state index < -0.39 is 0 Å². The maximum Gasteiger partial charge on any atom is 0.226 e. The van der Waals surface area contributed by atoms with Crippen molar-refractivity contribution in [2.24, 2.45) is 5.92 Å². The van der Waals surface area contributed by atoms with Crippen LogP contribution in [0, 0.1) is 11.7 Å². The van der Waals surface area contributed by atoms with Crippen LogP contribution in [0.15, 0.2) is 24.3 Å². The van der Waals surface area contributed by atoms with Gasteiger partial charge in [-0.15, -0.1) is 0 Å². The summed E-state index contributed by atoms with van der Waals surface area (Å²) in [5.41, 5.74) is 0.866. The zero-order chi connectivity index (χ0) is 16.8. The van der Waals surface area contributed by atoms with Crippen molar-refractivity contribution in [1.29, 1.82) is 0 Å². The molecule has 0 saturated carbocycles. The zero-order valence-electron chi connectivity index (χ0n) is 14.1. The first-order valence-electron chi connectivity index (χ1n) is 8.58. The third-order valence-corrected chi connectivity index (χ3v) is 4.66. The highest BCUT2D eigenvalue weighted by Crippen LogP contribution is 2.32. The average molecular weight is 319 g/mol. The smallest absolute Gasteiger partial charge is 0.226 e. The van der Waals surface area contributed by atoms with Crippen LogP contribution in [0.25, 0.3) is 0 Å². The van der Waals surface area contributed by atoms with E-state index in [0.29, 0.717) is 6.42 Å². The number of carbonyl (C=O) groups excluding carboxylic acids is 2. The molecule has 0 bridgehead atoms. The van der Waals surface area contributed by atoms with Crippen LogP contribution < -0.4 is 0 Å². The first-order valence-corrected chi connectivity index (χ1v) is 8.58. The third kappa shape index (κ3) is 4.63. The summed E-state index contributed by atoms with van der Waals surface area (Å²) in [6.07, 6.45) is 4.74. The number of hydrogen-bond acceptors (Lipinski definition) is 2. The van der Waals surface area contributed by atoms with Crippen LogP contribution in [0.3, 0.4) is 0 Å². The first kappa shape index (κ1) is 17.6. The van der Waals surface area contributed by atoms with Crippen molar-refractivity contribution < 1.29 is 14.0 Å².